The lowest BCUT2D eigenvalue weighted by Crippen LogP contribution is -2.46. The summed E-state index contributed by atoms with van der Waals surface area (Å²) in [5.74, 6) is 0.239. The Morgan fingerprint density at radius 2 is 2.28 bits per heavy atom. The number of aryl methyl sites for hydroxylation is 2. The number of aromatic nitrogens is 2. The van der Waals surface area contributed by atoms with Crippen molar-refractivity contribution in [3.8, 4) is 0 Å². The Morgan fingerprint density at radius 3 is 2.83 bits per heavy atom. The number of carbonyl (C=O) groups excluding carboxylic acids is 1. The molecule has 0 aliphatic carbocycles. The van der Waals surface area contributed by atoms with E-state index in [2.05, 4.69) is 5.10 Å². The van der Waals surface area contributed by atoms with Gasteiger partial charge < -0.3 is 10.0 Å². The molecule has 1 saturated heterocycles. The smallest absolute Gasteiger partial charge is 0.244 e. The Labute approximate surface area is 107 Å². The molecule has 2 atom stereocenters. The number of piperidine rings is 1. The normalized spacial score (nSPS) is 24.3. The highest BCUT2D eigenvalue weighted by atomic mass is 16.3. The zero-order valence-corrected chi connectivity index (χ0v) is 11.3. The van der Waals surface area contributed by atoms with Crippen molar-refractivity contribution in [1.29, 1.82) is 0 Å². The maximum atomic E-state index is 12.2. The van der Waals surface area contributed by atoms with Crippen molar-refractivity contribution in [2.45, 2.75) is 39.8 Å². The van der Waals surface area contributed by atoms with Gasteiger partial charge in [0.1, 0.15) is 6.54 Å². The van der Waals surface area contributed by atoms with Crippen molar-refractivity contribution < 1.29 is 9.90 Å². The number of likely N-dealkylation sites (tertiary alicyclic amines) is 1. The van der Waals surface area contributed by atoms with Gasteiger partial charge in [0.25, 0.3) is 0 Å². The third kappa shape index (κ3) is 2.72. The fourth-order valence-corrected chi connectivity index (χ4v) is 2.42. The first-order valence-electron chi connectivity index (χ1n) is 6.44. The monoisotopic (exact) mass is 251 g/mol. The Kier molecular flexibility index (Phi) is 3.71. The van der Waals surface area contributed by atoms with Crippen molar-refractivity contribution >= 4 is 5.91 Å². The third-order valence-corrected chi connectivity index (χ3v) is 3.60. The van der Waals surface area contributed by atoms with E-state index >= 15 is 0 Å². The predicted molar refractivity (Wildman–Crippen MR) is 68.1 cm³/mol. The van der Waals surface area contributed by atoms with Crippen LogP contribution in [0.15, 0.2) is 6.07 Å². The summed E-state index contributed by atoms with van der Waals surface area (Å²) >= 11 is 0. The van der Waals surface area contributed by atoms with E-state index in [0.717, 1.165) is 11.4 Å². The Bertz CT molecular complexity index is 441. The molecule has 0 bridgehead atoms. The lowest BCUT2D eigenvalue weighted by atomic mass is 9.97. The fourth-order valence-electron chi connectivity index (χ4n) is 2.42. The number of rotatable bonds is 2. The molecule has 0 aromatic carbocycles. The molecular formula is C13H21N3O2. The van der Waals surface area contributed by atoms with E-state index in [1.807, 2.05) is 31.7 Å². The molecule has 0 radical (unpaired) electrons. The SMILES string of the molecule is Cc1cc(C)n(CC(=O)N2CCC(O)C(C)C2)n1. The van der Waals surface area contributed by atoms with Gasteiger partial charge >= 0.3 is 0 Å². The zero-order chi connectivity index (χ0) is 13.3. The molecule has 100 valence electrons. The van der Waals surface area contributed by atoms with Crippen LogP contribution in [0, 0.1) is 19.8 Å². The van der Waals surface area contributed by atoms with Crippen LogP contribution in [0.25, 0.3) is 0 Å². The highest BCUT2D eigenvalue weighted by Gasteiger charge is 2.27. The molecule has 1 aliphatic heterocycles. The Morgan fingerprint density at radius 1 is 1.56 bits per heavy atom. The first-order valence-corrected chi connectivity index (χ1v) is 6.44. The van der Waals surface area contributed by atoms with Gasteiger partial charge in [-0.3, -0.25) is 9.48 Å². The van der Waals surface area contributed by atoms with Gasteiger partial charge in [-0.1, -0.05) is 6.92 Å². The average molecular weight is 251 g/mol. The van der Waals surface area contributed by atoms with Crippen molar-refractivity contribution in [3.63, 3.8) is 0 Å². The van der Waals surface area contributed by atoms with Gasteiger partial charge in [-0.05, 0) is 32.3 Å². The average Bonchev–Trinajstić information content (AvgIpc) is 2.61. The summed E-state index contributed by atoms with van der Waals surface area (Å²) in [6, 6.07) is 1.97. The summed E-state index contributed by atoms with van der Waals surface area (Å²) in [7, 11) is 0. The summed E-state index contributed by atoms with van der Waals surface area (Å²) in [4.78, 5) is 14.0. The largest absolute Gasteiger partial charge is 0.393 e. The van der Waals surface area contributed by atoms with E-state index < -0.39 is 0 Å². The maximum absolute atomic E-state index is 12.2. The molecule has 1 N–H and O–H groups in total. The Balaban J connectivity index is 1.98. The van der Waals surface area contributed by atoms with Crippen LogP contribution in [0.2, 0.25) is 0 Å². The molecule has 0 saturated carbocycles. The molecule has 1 aromatic rings. The van der Waals surface area contributed by atoms with Crippen LogP contribution in [0.4, 0.5) is 0 Å². The van der Waals surface area contributed by atoms with Crippen molar-refractivity contribution in [2.75, 3.05) is 13.1 Å². The standard InChI is InChI=1S/C13H21N3O2/c1-9-7-15(5-4-12(9)17)13(18)8-16-11(3)6-10(2)14-16/h6,9,12,17H,4-5,7-8H2,1-3H3. The molecule has 0 spiro atoms. The number of nitrogens with zero attached hydrogens (tertiary/aromatic N) is 3. The van der Waals surface area contributed by atoms with Gasteiger partial charge in [-0.15, -0.1) is 0 Å². The highest BCUT2D eigenvalue weighted by Crippen LogP contribution is 2.17. The van der Waals surface area contributed by atoms with Gasteiger partial charge in [0.15, 0.2) is 0 Å². The molecule has 5 nitrogen and oxygen atoms in total. The summed E-state index contributed by atoms with van der Waals surface area (Å²) in [5, 5.41) is 14.0. The summed E-state index contributed by atoms with van der Waals surface area (Å²) in [6.45, 7) is 7.43. The van der Waals surface area contributed by atoms with Crippen LogP contribution >= 0.6 is 0 Å². The minimum absolute atomic E-state index is 0.0833. The molecule has 2 unspecified atom stereocenters. The number of hydrogen-bond donors (Lipinski definition) is 1. The van der Waals surface area contributed by atoms with Gasteiger partial charge in [0.2, 0.25) is 5.91 Å². The van der Waals surface area contributed by atoms with E-state index in [4.69, 9.17) is 0 Å². The Hall–Kier alpha value is -1.36. The van der Waals surface area contributed by atoms with E-state index in [9.17, 15) is 9.90 Å². The predicted octanol–water partition coefficient (Wildman–Crippen LogP) is 0.729. The lowest BCUT2D eigenvalue weighted by molar-refractivity contribution is -0.135. The third-order valence-electron chi connectivity index (χ3n) is 3.60. The van der Waals surface area contributed by atoms with Crippen LogP contribution in [0.1, 0.15) is 24.7 Å². The topological polar surface area (TPSA) is 58.4 Å². The van der Waals surface area contributed by atoms with Gasteiger partial charge in [0.05, 0.1) is 11.8 Å². The quantitative estimate of drug-likeness (QED) is 0.843. The molecule has 18 heavy (non-hydrogen) atoms. The number of aliphatic hydroxyl groups is 1. The van der Waals surface area contributed by atoms with Gasteiger partial charge in [-0.25, -0.2) is 0 Å². The van der Waals surface area contributed by atoms with Gasteiger partial charge in [-0.2, -0.15) is 5.10 Å². The maximum Gasteiger partial charge on any atom is 0.244 e. The van der Waals surface area contributed by atoms with Crippen molar-refractivity contribution in [1.82, 2.24) is 14.7 Å². The molecule has 5 heteroatoms. The van der Waals surface area contributed by atoms with Gasteiger partial charge in [0, 0.05) is 18.8 Å². The lowest BCUT2D eigenvalue weighted by Gasteiger charge is -2.34. The second-order valence-corrected chi connectivity index (χ2v) is 5.26. The molecule has 1 aliphatic rings. The van der Waals surface area contributed by atoms with Crippen LogP contribution in [-0.4, -0.2) is 44.9 Å². The van der Waals surface area contributed by atoms with E-state index in [-0.39, 0.29) is 17.9 Å². The van der Waals surface area contributed by atoms with Crippen LogP contribution in [-0.2, 0) is 11.3 Å². The van der Waals surface area contributed by atoms with E-state index in [0.29, 0.717) is 26.1 Å². The molecule has 1 amide bonds. The van der Waals surface area contributed by atoms with Crippen molar-refractivity contribution in [2.24, 2.45) is 5.92 Å². The van der Waals surface area contributed by atoms with Crippen molar-refractivity contribution in [3.05, 3.63) is 17.5 Å². The first-order chi connectivity index (χ1) is 8.47. The summed E-state index contributed by atoms with van der Waals surface area (Å²) in [6.07, 6.45) is 0.395. The minimum atomic E-state index is -0.275. The molecular weight excluding hydrogens is 230 g/mol. The molecule has 2 rings (SSSR count). The minimum Gasteiger partial charge on any atom is -0.393 e. The second kappa shape index (κ2) is 5.10. The summed E-state index contributed by atoms with van der Waals surface area (Å²) in [5.41, 5.74) is 1.94. The fraction of sp³-hybridized carbons (Fsp3) is 0.692. The second-order valence-electron chi connectivity index (χ2n) is 5.26. The van der Waals surface area contributed by atoms with Crippen LogP contribution < -0.4 is 0 Å². The summed E-state index contributed by atoms with van der Waals surface area (Å²) < 4.78 is 1.74. The first kappa shape index (κ1) is 13.1. The number of carbonyl (C=O) groups is 1. The number of amides is 1. The molecule has 1 fully saturated rings. The molecule has 1 aromatic heterocycles. The van der Waals surface area contributed by atoms with Crippen LogP contribution in [0.5, 0.6) is 0 Å². The van der Waals surface area contributed by atoms with E-state index in [1.54, 1.807) is 4.68 Å². The molecule has 2 heterocycles. The van der Waals surface area contributed by atoms with E-state index in [1.165, 1.54) is 0 Å². The zero-order valence-electron chi connectivity index (χ0n) is 11.3. The number of aliphatic hydroxyl groups excluding tert-OH is 1. The highest BCUT2D eigenvalue weighted by molar-refractivity contribution is 5.76. The number of hydrogen-bond acceptors (Lipinski definition) is 3. The van der Waals surface area contributed by atoms with Crippen LogP contribution in [0.3, 0.4) is 0 Å².